The number of carboxylic acid groups (broad SMARTS) is 1. The summed E-state index contributed by atoms with van der Waals surface area (Å²) in [5.41, 5.74) is 1.62. The highest BCUT2D eigenvalue weighted by atomic mass is 32.2. The van der Waals surface area contributed by atoms with Crippen molar-refractivity contribution in [1.29, 1.82) is 0 Å². The van der Waals surface area contributed by atoms with Crippen LogP contribution in [0, 0.1) is 0 Å². The molecular weight excluding hydrogens is 448 g/mol. The number of methoxy groups -OCH3 is 1. The van der Waals surface area contributed by atoms with E-state index in [2.05, 4.69) is 10.2 Å². The Morgan fingerprint density at radius 3 is 2.69 bits per heavy atom. The minimum atomic E-state index is -1.14. The highest BCUT2D eigenvalue weighted by molar-refractivity contribution is 8.00. The van der Waals surface area contributed by atoms with E-state index in [-0.39, 0.29) is 5.56 Å². The first-order chi connectivity index (χ1) is 15.5. The number of carboxylic acids is 1. The lowest BCUT2D eigenvalue weighted by molar-refractivity contribution is -0.304. The molecule has 0 N–H and O–H groups in total. The highest BCUT2D eigenvalue weighted by Crippen LogP contribution is 2.37. The molecule has 3 heterocycles. The van der Waals surface area contributed by atoms with Gasteiger partial charge in [-0.15, -0.1) is 21.5 Å². The first-order valence-corrected chi connectivity index (χ1v) is 12.2. The molecule has 1 aliphatic carbocycles. The molecule has 0 saturated heterocycles. The van der Waals surface area contributed by atoms with E-state index in [9.17, 15) is 14.7 Å². The van der Waals surface area contributed by atoms with Gasteiger partial charge < -0.3 is 14.6 Å². The van der Waals surface area contributed by atoms with Crippen LogP contribution in [0.2, 0.25) is 0 Å². The number of benzene rings is 1. The van der Waals surface area contributed by atoms with Crippen molar-refractivity contribution in [3.63, 3.8) is 0 Å². The molecule has 0 spiro atoms. The lowest BCUT2D eigenvalue weighted by Gasteiger charge is -2.15. The predicted octanol–water partition coefficient (Wildman–Crippen LogP) is 2.60. The molecule has 1 unspecified atom stereocenters. The van der Waals surface area contributed by atoms with Crippen molar-refractivity contribution < 1.29 is 14.6 Å². The molecule has 0 bridgehead atoms. The normalized spacial score (nSPS) is 14.6. The molecule has 3 aromatic heterocycles. The number of ether oxygens (including phenoxy) is 1. The number of fused-ring (bicyclic) bond motifs is 5. The minimum Gasteiger partial charge on any atom is -0.549 e. The molecule has 0 amide bonds. The standard InChI is InChI=1S/C22H22N4O4S2/c1-3-15(20(28)29)32-22-24-23-21-25(12-8-10-13(30-2)11-9-12)18(27)17-14-6-4-5-7-16(14)31-19(17)26(21)22/h8-11,15H,3-7H2,1-2H3,(H,28,29)/p-1. The summed E-state index contributed by atoms with van der Waals surface area (Å²) in [7, 11) is 1.59. The first-order valence-electron chi connectivity index (χ1n) is 10.5. The van der Waals surface area contributed by atoms with Crippen LogP contribution in [0.5, 0.6) is 5.75 Å². The van der Waals surface area contributed by atoms with Gasteiger partial charge in [-0.2, -0.15) is 0 Å². The molecule has 5 rings (SSSR count). The van der Waals surface area contributed by atoms with Gasteiger partial charge in [0.05, 0.1) is 29.4 Å². The van der Waals surface area contributed by atoms with E-state index >= 15 is 0 Å². The second-order valence-electron chi connectivity index (χ2n) is 7.68. The summed E-state index contributed by atoms with van der Waals surface area (Å²) in [4.78, 5) is 27.3. The Kier molecular flexibility index (Phi) is 5.42. The van der Waals surface area contributed by atoms with Crippen LogP contribution in [0.1, 0.15) is 36.6 Å². The average Bonchev–Trinajstić information content (AvgIpc) is 3.39. The second-order valence-corrected chi connectivity index (χ2v) is 9.93. The van der Waals surface area contributed by atoms with Gasteiger partial charge in [-0.1, -0.05) is 18.7 Å². The fourth-order valence-electron chi connectivity index (χ4n) is 4.18. The largest absolute Gasteiger partial charge is 0.549 e. The smallest absolute Gasteiger partial charge is 0.268 e. The van der Waals surface area contributed by atoms with Gasteiger partial charge >= 0.3 is 0 Å². The summed E-state index contributed by atoms with van der Waals surface area (Å²) in [6.07, 6.45) is 4.34. The Hall–Kier alpha value is -2.85. The zero-order valence-corrected chi connectivity index (χ0v) is 19.3. The van der Waals surface area contributed by atoms with Crippen LogP contribution in [-0.4, -0.2) is 37.5 Å². The van der Waals surface area contributed by atoms with Crippen LogP contribution in [0.4, 0.5) is 0 Å². The molecule has 1 aliphatic rings. The molecular formula is C22H21N4O4S2-. The van der Waals surface area contributed by atoms with E-state index in [0.29, 0.717) is 34.2 Å². The zero-order chi connectivity index (χ0) is 22.4. The van der Waals surface area contributed by atoms with Gasteiger partial charge in [0.2, 0.25) is 5.78 Å². The lowest BCUT2D eigenvalue weighted by atomic mass is 9.97. The van der Waals surface area contributed by atoms with Crippen molar-refractivity contribution in [1.82, 2.24) is 19.2 Å². The number of hydrogen-bond acceptors (Lipinski definition) is 8. The topological polar surface area (TPSA) is 102 Å². The molecule has 4 aromatic rings. The van der Waals surface area contributed by atoms with Crippen molar-refractivity contribution in [2.45, 2.75) is 49.4 Å². The van der Waals surface area contributed by atoms with Gasteiger partial charge in [0, 0.05) is 4.88 Å². The van der Waals surface area contributed by atoms with Crippen LogP contribution in [0.3, 0.4) is 0 Å². The maximum Gasteiger partial charge on any atom is 0.268 e. The van der Waals surface area contributed by atoms with Crippen molar-refractivity contribution >= 4 is 45.1 Å². The minimum absolute atomic E-state index is 0.132. The van der Waals surface area contributed by atoms with Crippen LogP contribution >= 0.6 is 23.1 Å². The van der Waals surface area contributed by atoms with Gasteiger partial charge in [-0.05, 0) is 61.9 Å². The van der Waals surface area contributed by atoms with Crippen molar-refractivity contribution in [2.24, 2.45) is 0 Å². The van der Waals surface area contributed by atoms with Crippen LogP contribution in [0.15, 0.2) is 34.2 Å². The van der Waals surface area contributed by atoms with Crippen LogP contribution < -0.4 is 15.4 Å². The SMILES string of the molecule is CCC(Sc1nnc2n(-c3ccc(OC)cc3)c(=O)c3c4c(sc3n12)CCCC4)C(=O)[O-]. The number of aryl methyl sites for hydroxylation is 2. The molecule has 32 heavy (non-hydrogen) atoms. The van der Waals surface area contributed by atoms with Gasteiger partial charge in [-0.3, -0.25) is 4.79 Å². The lowest BCUT2D eigenvalue weighted by Crippen LogP contribution is -2.33. The number of carbonyl (C=O) groups excluding carboxylic acids is 1. The maximum atomic E-state index is 13.8. The van der Waals surface area contributed by atoms with Crippen molar-refractivity contribution in [3.05, 3.63) is 45.1 Å². The van der Waals surface area contributed by atoms with E-state index in [1.54, 1.807) is 42.1 Å². The number of hydrogen-bond donors (Lipinski definition) is 0. The van der Waals surface area contributed by atoms with E-state index in [0.717, 1.165) is 47.8 Å². The summed E-state index contributed by atoms with van der Waals surface area (Å²) in [6, 6.07) is 7.20. The summed E-state index contributed by atoms with van der Waals surface area (Å²) >= 11 is 2.70. The van der Waals surface area contributed by atoms with E-state index in [1.807, 2.05) is 16.5 Å². The van der Waals surface area contributed by atoms with Gasteiger partial charge in [0.15, 0.2) is 5.16 Å². The molecule has 0 radical (unpaired) electrons. The molecule has 10 heteroatoms. The number of nitrogens with zero attached hydrogens (tertiary/aromatic N) is 4. The van der Waals surface area contributed by atoms with E-state index in [4.69, 9.17) is 4.74 Å². The second kappa shape index (κ2) is 8.25. The number of thioether (sulfide) groups is 1. The summed E-state index contributed by atoms with van der Waals surface area (Å²) in [5, 5.41) is 20.5. The molecule has 8 nitrogen and oxygen atoms in total. The van der Waals surface area contributed by atoms with Crippen LogP contribution in [-0.2, 0) is 17.6 Å². The number of rotatable bonds is 6. The fourth-order valence-corrected chi connectivity index (χ4v) is 6.50. The van der Waals surface area contributed by atoms with Crippen molar-refractivity contribution in [2.75, 3.05) is 7.11 Å². The van der Waals surface area contributed by atoms with Crippen LogP contribution in [0.25, 0.3) is 21.7 Å². The fraction of sp³-hybridized carbons (Fsp3) is 0.364. The Balaban J connectivity index is 1.83. The summed E-state index contributed by atoms with van der Waals surface area (Å²) < 4.78 is 8.64. The summed E-state index contributed by atoms with van der Waals surface area (Å²) in [5.74, 6) is -0.0920. The molecule has 1 aromatic carbocycles. The molecule has 1 atom stereocenters. The molecule has 166 valence electrons. The Bertz CT molecular complexity index is 1390. The predicted molar refractivity (Wildman–Crippen MR) is 122 cm³/mol. The number of thiophene rings is 1. The van der Waals surface area contributed by atoms with Gasteiger partial charge in [0.1, 0.15) is 10.6 Å². The first kappa shape index (κ1) is 21.0. The van der Waals surface area contributed by atoms with Gasteiger partial charge in [-0.25, -0.2) is 8.97 Å². The monoisotopic (exact) mass is 469 g/mol. The highest BCUT2D eigenvalue weighted by Gasteiger charge is 2.26. The third kappa shape index (κ3) is 3.29. The Morgan fingerprint density at radius 2 is 2.00 bits per heavy atom. The Morgan fingerprint density at radius 1 is 1.25 bits per heavy atom. The van der Waals surface area contributed by atoms with Crippen molar-refractivity contribution in [3.8, 4) is 11.4 Å². The third-order valence-electron chi connectivity index (χ3n) is 5.80. The quantitative estimate of drug-likeness (QED) is 0.400. The Labute approximate surface area is 191 Å². The average molecular weight is 470 g/mol. The van der Waals surface area contributed by atoms with E-state index < -0.39 is 11.2 Å². The van der Waals surface area contributed by atoms with E-state index in [1.165, 1.54) is 4.88 Å². The zero-order valence-electron chi connectivity index (χ0n) is 17.7. The number of aromatic nitrogens is 4. The van der Waals surface area contributed by atoms with Gasteiger partial charge in [0.25, 0.3) is 5.56 Å². The third-order valence-corrected chi connectivity index (χ3v) is 8.36. The number of carbonyl (C=O) groups is 1. The summed E-state index contributed by atoms with van der Waals surface area (Å²) in [6.45, 7) is 1.80. The molecule has 0 fully saturated rings. The number of aliphatic carboxylic acids is 1. The maximum absolute atomic E-state index is 13.8. The molecule has 0 aliphatic heterocycles. The molecule has 0 saturated carbocycles.